The molecule has 0 aliphatic rings. The first-order valence-electron chi connectivity index (χ1n) is 5.92. The predicted molar refractivity (Wildman–Crippen MR) is 73.3 cm³/mol. The zero-order valence-corrected chi connectivity index (χ0v) is 12.4. The molecule has 0 radical (unpaired) electrons. The molecule has 7 nitrogen and oxygen atoms in total. The first-order valence-corrected chi connectivity index (χ1v) is 7.41. The monoisotopic (exact) mass is 301 g/mol. The highest BCUT2D eigenvalue weighted by atomic mass is 32.2. The third-order valence-corrected chi connectivity index (χ3v) is 3.63. The molecule has 0 fully saturated rings. The molecule has 8 heteroatoms. The van der Waals surface area contributed by atoms with Crippen molar-refractivity contribution in [2.24, 2.45) is 0 Å². The van der Waals surface area contributed by atoms with Gasteiger partial charge in [-0.1, -0.05) is 4.91 Å². The first-order chi connectivity index (χ1) is 9.51. The Hall–Kier alpha value is -1.83. The van der Waals surface area contributed by atoms with Gasteiger partial charge in [-0.3, -0.25) is 9.00 Å². The Morgan fingerprint density at radius 2 is 2.10 bits per heavy atom. The van der Waals surface area contributed by atoms with Gasteiger partial charge >= 0.3 is 11.8 Å². The summed E-state index contributed by atoms with van der Waals surface area (Å²) in [6.45, 7) is 1.91. The van der Waals surface area contributed by atoms with Crippen LogP contribution < -0.4 is 4.74 Å². The molecule has 0 saturated heterocycles. The maximum atomic E-state index is 11.7. The van der Waals surface area contributed by atoms with Crippen LogP contribution in [-0.4, -0.2) is 46.4 Å². The molecule has 0 spiro atoms. The van der Waals surface area contributed by atoms with Crippen LogP contribution in [-0.2, 0) is 26.1 Å². The van der Waals surface area contributed by atoms with Crippen molar-refractivity contribution in [2.45, 2.75) is 12.7 Å². The predicted octanol–water partition coefficient (Wildman–Crippen LogP) is 0.942. The summed E-state index contributed by atoms with van der Waals surface area (Å²) in [7, 11) is 1.25. The summed E-state index contributed by atoms with van der Waals surface area (Å²) < 4.78 is 21.9. The summed E-state index contributed by atoms with van der Waals surface area (Å²) in [5.41, 5.74) is 0.456. The zero-order chi connectivity index (χ0) is 15.1. The van der Waals surface area contributed by atoms with E-state index in [0.29, 0.717) is 16.2 Å². The normalized spacial score (nSPS) is 11.8. The Morgan fingerprint density at radius 1 is 1.40 bits per heavy atom. The molecule has 0 aromatic carbocycles. The number of esters is 1. The van der Waals surface area contributed by atoms with Crippen molar-refractivity contribution in [1.82, 2.24) is 4.98 Å². The highest BCUT2D eigenvalue weighted by molar-refractivity contribution is 7.84. The molecule has 1 aromatic heterocycles. The third-order valence-electron chi connectivity index (χ3n) is 2.46. The van der Waals surface area contributed by atoms with Crippen LogP contribution in [0.2, 0.25) is 0 Å². The van der Waals surface area contributed by atoms with Gasteiger partial charge in [-0.2, -0.15) is 0 Å². The van der Waals surface area contributed by atoms with E-state index in [-0.39, 0.29) is 23.9 Å². The van der Waals surface area contributed by atoms with Gasteiger partial charge in [-0.15, -0.1) is 0 Å². The third kappa shape index (κ3) is 4.37. The summed E-state index contributed by atoms with van der Waals surface area (Å²) in [6.07, 6.45) is 0. The molecule has 110 valence electrons. The minimum absolute atomic E-state index is 0.0731. The van der Waals surface area contributed by atoms with Gasteiger partial charge in [0.05, 0.1) is 20.0 Å². The Bertz CT molecular complexity index is 533. The summed E-state index contributed by atoms with van der Waals surface area (Å²) >= 11 is 0. The Labute approximate surface area is 119 Å². The second kappa shape index (κ2) is 7.68. The Kier molecular flexibility index (Phi) is 6.23. The van der Waals surface area contributed by atoms with Crippen LogP contribution in [0.25, 0.3) is 0 Å². The van der Waals surface area contributed by atoms with Crippen molar-refractivity contribution in [3.8, 4) is 5.75 Å². The molecular formula is C12H17N2O5S+. The fraction of sp³-hybridized carbons (Fsp3) is 0.500. The highest BCUT2D eigenvalue weighted by Gasteiger charge is 2.22. The van der Waals surface area contributed by atoms with Crippen LogP contribution in [0.15, 0.2) is 12.1 Å². The van der Waals surface area contributed by atoms with Crippen LogP contribution in [0.5, 0.6) is 5.75 Å². The number of aromatic nitrogens is 1. The van der Waals surface area contributed by atoms with E-state index in [1.807, 2.05) is 0 Å². The smallest absolute Gasteiger partial charge is 0.403 e. The van der Waals surface area contributed by atoms with E-state index in [2.05, 4.69) is 9.72 Å². The van der Waals surface area contributed by atoms with Gasteiger partial charge in [0.1, 0.15) is 12.3 Å². The summed E-state index contributed by atoms with van der Waals surface area (Å²) in [5.74, 6) is -0.180. The topological polar surface area (TPSA) is 85.6 Å². The van der Waals surface area contributed by atoms with Gasteiger partial charge < -0.3 is 9.47 Å². The van der Waals surface area contributed by atoms with Crippen molar-refractivity contribution in [3.05, 3.63) is 22.7 Å². The molecule has 0 N–H and O–H groups in total. The van der Waals surface area contributed by atoms with Crippen LogP contribution in [0.3, 0.4) is 0 Å². The number of ether oxygens (including phenoxy) is 2. The molecule has 1 rings (SSSR count). The van der Waals surface area contributed by atoms with Crippen LogP contribution in [0.4, 0.5) is 5.82 Å². The lowest BCUT2D eigenvalue weighted by Gasteiger charge is -2.02. The van der Waals surface area contributed by atoms with Gasteiger partial charge in [-0.25, -0.2) is 0 Å². The first kappa shape index (κ1) is 16.2. The molecule has 0 bridgehead atoms. The van der Waals surface area contributed by atoms with E-state index in [4.69, 9.17) is 4.74 Å². The Morgan fingerprint density at radius 3 is 2.65 bits per heavy atom. The van der Waals surface area contributed by atoms with Gasteiger partial charge in [0, 0.05) is 10.8 Å². The number of carbonyl (C=O) groups excluding carboxylic acids is 1. The second-order valence-electron chi connectivity index (χ2n) is 3.83. The lowest BCUT2D eigenvalue weighted by atomic mass is 10.3. The number of nitroso groups, excluding NO2 is 1. The molecule has 1 atom stereocenters. The van der Waals surface area contributed by atoms with Gasteiger partial charge in [0.2, 0.25) is 5.75 Å². The standard InChI is InChI=1S/C12H17N2O5S/c1-4-14(16)12-10(18-2)6-5-9(13-12)7-20(17)8-11(15)19-3/h5-6H,4,7-8H2,1-3H3/q+1. The van der Waals surface area contributed by atoms with Crippen LogP contribution >= 0.6 is 0 Å². The van der Waals surface area contributed by atoms with Crippen molar-refractivity contribution >= 4 is 22.6 Å². The molecule has 0 aliphatic carbocycles. The molecule has 1 heterocycles. The lowest BCUT2D eigenvalue weighted by Crippen LogP contribution is -2.14. The van der Waals surface area contributed by atoms with Crippen molar-refractivity contribution in [3.63, 3.8) is 0 Å². The van der Waals surface area contributed by atoms with Crippen molar-refractivity contribution in [2.75, 3.05) is 26.5 Å². The molecule has 20 heavy (non-hydrogen) atoms. The van der Waals surface area contributed by atoms with E-state index in [1.165, 1.54) is 14.2 Å². The molecular weight excluding hydrogens is 284 g/mol. The number of carbonyl (C=O) groups is 1. The zero-order valence-electron chi connectivity index (χ0n) is 11.6. The fourth-order valence-corrected chi connectivity index (χ4v) is 2.42. The van der Waals surface area contributed by atoms with E-state index in [1.54, 1.807) is 19.1 Å². The lowest BCUT2D eigenvalue weighted by molar-refractivity contribution is -0.463. The second-order valence-corrected chi connectivity index (χ2v) is 5.28. The Balaban J connectivity index is 2.89. The minimum Gasteiger partial charge on any atom is -0.489 e. The highest BCUT2D eigenvalue weighted by Crippen LogP contribution is 2.24. The SMILES string of the molecule is CC[N+](=O)c1nc(CS(=O)CC(=O)OC)ccc1OC. The van der Waals surface area contributed by atoms with Crippen LogP contribution in [0.1, 0.15) is 12.6 Å². The molecule has 1 aromatic rings. The number of rotatable bonds is 7. The fourth-order valence-electron chi connectivity index (χ4n) is 1.45. The molecule has 0 saturated carbocycles. The molecule has 0 amide bonds. The largest absolute Gasteiger partial charge is 0.489 e. The van der Waals surface area contributed by atoms with E-state index in [0.717, 1.165) is 0 Å². The molecule has 1 unspecified atom stereocenters. The van der Waals surface area contributed by atoms with E-state index < -0.39 is 16.8 Å². The van der Waals surface area contributed by atoms with Crippen molar-refractivity contribution in [1.29, 1.82) is 0 Å². The van der Waals surface area contributed by atoms with Gasteiger partial charge in [0.25, 0.3) is 0 Å². The minimum atomic E-state index is -1.43. The molecule has 0 aliphatic heterocycles. The number of methoxy groups -OCH3 is 2. The summed E-state index contributed by atoms with van der Waals surface area (Å²) in [4.78, 5) is 26.8. The average Bonchev–Trinajstić information content (AvgIpc) is 2.45. The number of pyridine rings is 1. The maximum absolute atomic E-state index is 11.7. The number of hydrogen-bond donors (Lipinski definition) is 0. The van der Waals surface area contributed by atoms with E-state index >= 15 is 0 Å². The maximum Gasteiger partial charge on any atom is 0.403 e. The quantitative estimate of drug-likeness (QED) is 0.550. The number of nitrogens with zero attached hydrogens (tertiary/aromatic N) is 2. The van der Waals surface area contributed by atoms with Gasteiger partial charge in [0.15, 0.2) is 5.69 Å². The average molecular weight is 301 g/mol. The number of hydrogen-bond acceptors (Lipinski definition) is 6. The van der Waals surface area contributed by atoms with E-state index in [9.17, 15) is 13.9 Å². The van der Waals surface area contributed by atoms with Crippen LogP contribution in [0, 0.1) is 4.91 Å². The van der Waals surface area contributed by atoms with Gasteiger partial charge in [-0.05, 0) is 28.8 Å². The summed E-state index contributed by atoms with van der Waals surface area (Å²) in [5, 5.41) is 0. The van der Waals surface area contributed by atoms with Crippen molar-refractivity contribution < 1.29 is 23.2 Å². The summed E-state index contributed by atoms with van der Waals surface area (Å²) in [6, 6.07) is 3.20.